The van der Waals surface area contributed by atoms with Crippen LogP contribution in [0, 0.1) is 0 Å². The zero-order valence-corrected chi connectivity index (χ0v) is 14.8. The molecule has 0 spiro atoms. The second kappa shape index (κ2) is 6.29. The number of piperazine rings is 1. The maximum Gasteiger partial charge on any atom is 0.269 e. The molecule has 1 N–H and O–H groups in total. The van der Waals surface area contributed by atoms with E-state index in [-0.39, 0.29) is 4.90 Å². The Labute approximate surface area is 150 Å². The normalized spacial score (nSPS) is 15.6. The second-order valence-corrected chi connectivity index (χ2v) is 7.99. The van der Waals surface area contributed by atoms with Crippen LogP contribution in [-0.2, 0) is 10.0 Å². The number of halogens is 1. The molecule has 0 atom stereocenters. The highest BCUT2D eigenvalue weighted by atomic mass is 35.5. The lowest BCUT2D eigenvalue weighted by atomic mass is 10.3. The van der Waals surface area contributed by atoms with Gasteiger partial charge in [-0.1, -0.05) is 17.7 Å². The van der Waals surface area contributed by atoms with Crippen LogP contribution in [-0.4, -0.2) is 48.5 Å². The van der Waals surface area contributed by atoms with E-state index in [2.05, 4.69) is 20.2 Å². The first-order valence-corrected chi connectivity index (χ1v) is 9.68. The molecule has 7 nitrogen and oxygen atoms in total. The summed E-state index contributed by atoms with van der Waals surface area (Å²) < 4.78 is 27.1. The SMILES string of the molecule is O=S(=O)(c1cccc(Cl)c1)n1cnc2c(N3CCNCC3)nccc21. The summed E-state index contributed by atoms with van der Waals surface area (Å²) in [7, 11) is -3.78. The number of benzene rings is 1. The van der Waals surface area contributed by atoms with Gasteiger partial charge in [0.15, 0.2) is 5.82 Å². The molecular formula is C16H16ClN5O2S. The summed E-state index contributed by atoms with van der Waals surface area (Å²) in [5.41, 5.74) is 1.08. The average molecular weight is 378 g/mol. The van der Waals surface area contributed by atoms with Crippen molar-refractivity contribution >= 4 is 38.5 Å². The molecule has 3 heterocycles. The topological polar surface area (TPSA) is 80.1 Å². The van der Waals surface area contributed by atoms with Crippen LogP contribution < -0.4 is 10.2 Å². The number of anilines is 1. The molecule has 0 unspecified atom stereocenters. The number of hydrogen-bond donors (Lipinski definition) is 1. The van der Waals surface area contributed by atoms with Gasteiger partial charge in [-0.3, -0.25) is 0 Å². The number of nitrogens with one attached hydrogen (secondary N) is 1. The number of pyridine rings is 1. The summed E-state index contributed by atoms with van der Waals surface area (Å²) >= 11 is 5.95. The molecule has 1 saturated heterocycles. The first-order valence-electron chi connectivity index (χ1n) is 7.86. The van der Waals surface area contributed by atoms with Crippen LogP contribution in [0.25, 0.3) is 11.0 Å². The maximum atomic E-state index is 13.0. The average Bonchev–Trinajstić information content (AvgIpc) is 3.07. The Morgan fingerprint density at radius 3 is 2.68 bits per heavy atom. The van der Waals surface area contributed by atoms with Crippen LogP contribution in [0.4, 0.5) is 5.82 Å². The van der Waals surface area contributed by atoms with Crippen LogP contribution >= 0.6 is 11.6 Å². The lowest BCUT2D eigenvalue weighted by molar-refractivity contribution is 0.586. The van der Waals surface area contributed by atoms with Crippen molar-refractivity contribution in [1.29, 1.82) is 0 Å². The van der Waals surface area contributed by atoms with Gasteiger partial charge in [0.25, 0.3) is 10.0 Å². The van der Waals surface area contributed by atoms with Gasteiger partial charge in [0.1, 0.15) is 11.8 Å². The van der Waals surface area contributed by atoms with E-state index in [1.165, 1.54) is 22.4 Å². The monoisotopic (exact) mass is 377 g/mol. The molecule has 0 amide bonds. The molecule has 1 fully saturated rings. The van der Waals surface area contributed by atoms with Crippen LogP contribution in [0.1, 0.15) is 0 Å². The third-order valence-electron chi connectivity index (χ3n) is 4.18. The molecule has 130 valence electrons. The molecule has 0 saturated carbocycles. The smallest absolute Gasteiger partial charge is 0.269 e. The summed E-state index contributed by atoms with van der Waals surface area (Å²) in [4.78, 5) is 11.0. The van der Waals surface area contributed by atoms with Gasteiger partial charge in [0, 0.05) is 37.4 Å². The lowest BCUT2D eigenvalue weighted by Gasteiger charge is -2.28. The third kappa shape index (κ3) is 2.86. The molecule has 1 aromatic carbocycles. The third-order valence-corrected chi connectivity index (χ3v) is 6.08. The summed E-state index contributed by atoms with van der Waals surface area (Å²) in [6.45, 7) is 3.33. The van der Waals surface area contributed by atoms with E-state index in [0.717, 1.165) is 26.2 Å². The minimum Gasteiger partial charge on any atom is -0.352 e. The fourth-order valence-corrected chi connectivity index (χ4v) is 4.53. The van der Waals surface area contributed by atoms with Gasteiger partial charge in [-0.15, -0.1) is 0 Å². The van der Waals surface area contributed by atoms with E-state index in [1.807, 2.05) is 0 Å². The van der Waals surface area contributed by atoms with E-state index in [4.69, 9.17) is 11.6 Å². The Kier molecular flexibility index (Phi) is 4.10. The van der Waals surface area contributed by atoms with Crippen LogP contribution in [0.2, 0.25) is 5.02 Å². The summed E-state index contributed by atoms with van der Waals surface area (Å²) in [6.07, 6.45) is 2.94. The molecule has 1 aliphatic heterocycles. The molecule has 2 aromatic heterocycles. The molecular weight excluding hydrogens is 362 g/mol. The van der Waals surface area contributed by atoms with E-state index in [0.29, 0.717) is 21.9 Å². The molecule has 3 aromatic rings. The van der Waals surface area contributed by atoms with Crippen LogP contribution in [0.3, 0.4) is 0 Å². The highest BCUT2D eigenvalue weighted by molar-refractivity contribution is 7.90. The van der Waals surface area contributed by atoms with Crippen molar-refractivity contribution in [3.8, 4) is 0 Å². The van der Waals surface area contributed by atoms with Crippen molar-refractivity contribution in [3.05, 3.63) is 47.9 Å². The number of hydrogen-bond acceptors (Lipinski definition) is 6. The summed E-state index contributed by atoms with van der Waals surface area (Å²) in [5.74, 6) is 0.707. The highest BCUT2D eigenvalue weighted by Gasteiger charge is 2.23. The predicted molar refractivity (Wildman–Crippen MR) is 96.6 cm³/mol. The number of fused-ring (bicyclic) bond motifs is 1. The largest absolute Gasteiger partial charge is 0.352 e. The van der Waals surface area contributed by atoms with Crippen molar-refractivity contribution in [2.24, 2.45) is 0 Å². The molecule has 9 heteroatoms. The molecule has 4 rings (SSSR count). The number of rotatable bonds is 3. The second-order valence-electron chi connectivity index (χ2n) is 5.74. The molecule has 0 radical (unpaired) electrons. The Morgan fingerprint density at radius 2 is 1.92 bits per heavy atom. The summed E-state index contributed by atoms with van der Waals surface area (Å²) in [6, 6.07) is 7.86. The van der Waals surface area contributed by atoms with Gasteiger partial charge in [-0.25, -0.2) is 22.4 Å². The van der Waals surface area contributed by atoms with Crippen LogP contribution in [0.15, 0.2) is 47.8 Å². The van der Waals surface area contributed by atoms with Gasteiger partial charge in [-0.05, 0) is 24.3 Å². The van der Waals surface area contributed by atoms with Crippen molar-refractivity contribution in [1.82, 2.24) is 19.3 Å². The van der Waals surface area contributed by atoms with Crippen molar-refractivity contribution < 1.29 is 8.42 Å². The lowest BCUT2D eigenvalue weighted by Crippen LogP contribution is -2.44. The maximum absolute atomic E-state index is 13.0. The Morgan fingerprint density at radius 1 is 1.12 bits per heavy atom. The van der Waals surface area contributed by atoms with Gasteiger partial charge in [0.2, 0.25) is 0 Å². The van der Waals surface area contributed by atoms with Crippen LogP contribution in [0.5, 0.6) is 0 Å². The van der Waals surface area contributed by atoms with E-state index in [1.54, 1.807) is 24.4 Å². The van der Waals surface area contributed by atoms with Gasteiger partial charge in [-0.2, -0.15) is 0 Å². The first kappa shape index (κ1) is 16.3. The fourth-order valence-electron chi connectivity index (χ4n) is 2.95. The zero-order valence-electron chi connectivity index (χ0n) is 13.3. The standard InChI is InChI=1S/C16H16ClN5O2S/c17-12-2-1-3-13(10-12)25(23,24)22-11-20-15-14(22)4-5-19-16(15)21-8-6-18-7-9-21/h1-5,10-11,18H,6-9H2. The quantitative estimate of drug-likeness (QED) is 0.748. The molecule has 0 bridgehead atoms. The van der Waals surface area contributed by atoms with Crippen molar-refractivity contribution in [2.75, 3.05) is 31.1 Å². The number of nitrogens with zero attached hydrogens (tertiary/aromatic N) is 4. The van der Waals surface area contributed by atoms with Crippen molar-refractivity contribution in [2.45, 2.75) is 4.90 Å². The Balaban J connectivity index is 1.84. The van der Waals surface area contributed by atoms with Gasteiger partial charge >= 0.3 is 0 Å². The molecule has 1 aliphatic rings. The number of imidazole rings is 1. The fraction of sp³-hybridized carbons (Fsp3) is 0.250. The van der Waals surface area contributed by atoms with Gasteiger partial charge in [0.05, 0.1) is 10.4 Å². The van der Waals surface area contributed by atoms with E-state index in [9.17, 15) is 8.42 Å². The minimum atomic E-state index is -3.78. The first-order chi connectivity index (χ1) is 12.1. The van der Waals surface area contributed by atoms with Gasteiger partial charge < -0.3 is 10.2 Å². The Bertz CT molecular complexity index is 1030. The summed E-state index contributed by atoms with van der Waals surface area (Å²) in [5, 5.41) is 3.65. The van der Waals surface area contributed by atoms with Crippen molar-refractivity contribution in [3.63, 3.8) is 0 Å². The van der Waals surface area contributed by atoms with E-state index < -0.39 is 10.0 Å². The number of aromatic nitrogens is 3. The minimum absolute atomic E-state index is 0.125. The molecule has 0 aliphatic carbocycles. The zero-order chi connectivity index (χ0) is 17.4. The highest BCUT2D eigenvalue weighted by Crippen LogP contribution is 2.27. The van der Waals surface area contributed by atoms with E-state index >= 15 is 0 Å². The molecule has 25 heavy (non-hydrogen) atoms. The predicted octanol–water partition coefficient (Wildman–Crippen LogP) is 1.73. The Hall–Kier alpha value is -2.16.